The van der Waals surface area contributed by atoms with Gasteiger partial charge in [0.1, 0.15) is 12.2 Å². The number of benzene rings is 2. The van der Waals surface area contributed by atoms with Gasteiger partial charge in [-0.05, 0) is 43.3 Å². The molecule has 0 unspecified atom stereocenters. The highest BCUT2D eigenvalue weighted by Crippen LogP contribution is 2.31. The van der Waals surface area contributed by atoms with E-state index in [2.05, 4.69) is 6.58 Å². The van der Waals surface area contributed by atoms with Crippen LogP contribution in [0.3, 0.4) is 0 Å². The molecule has 3 aromatic rings. The first-order valence-corrected chi connectivity index (χ1v) is 7.55. The van der Waals surface area contributed by atoms with E-state index in [1.807, 2.05) is 13.0 Å². The van der Waals surface area contributed by atoms with Gasteiger partial charge in [0.15, 0.2) is 5.76 Å². The molecule has 0 aliphatic carbocycles. The van der Waals surface area contributed by atoms with E-state index in [1.165, 1.54) is 0 Å². The summed E-state index contributed by atoms with van der Waals surface area (Å²) in [4.78, 5) is 12.8. The summed E-state index contributed by atoms with van der Waals surface area (Å²) < 4.78 is 11.5. The van der Waals surface area contributed by atoms with E-state index < -0.39 is 0 Å². The first-order chi connectivity index (χ1) is 11.1. The Bertz CT molecular complexity index is 924. The van der Waals surface area contributed by atoms with Gasteiger partial charge in [-0.15, -0.1) is 0 Å². The van der Waals surface area contributed by atoms with Gasteiger partial charge in [-0.25, -0.2) is 0 Å². The van der Waals surface area contributed by atoms with Crippen molar-refractivity contribution < 1.29 is 9.15 Å². The molecule has 0 N–H and O–H groups in total. The van der Waals surface area contributed by atoms with E-state index in [0.717, 1.165) is 11.1 Å². The fourth-order valence-electron chi connectivity index (χ4n) is 2.36. The third kappa shape index (κ3) is 3.01. The predicted molar refractivity (Wildman–Crippen MR) is 93.4 cm³/mol. The molecule has 116 valence electrons. The van der Waals surface area contributed by atoms with E-state index in [0.29, 0.717) is 21.8 Å². The summed E-state index contributed by atoms with van der Waals surface area (Å²) in [6, 6.07) is 12.6. The maximum absolute atomic E-state index is 12.8. The lowest BCUT2D eigenvalue weighted by Crippen LogP contribution is -2.10. The van der Waals surface area contributed by atoms with Crippen LogP contribution in [-0.4, -0.2) is 6.61 Å². The first-order valence-electron chi connectivity index (χ1n) is 7.17. The van der Waals surface area contributed by atoms with Crippen LogP contribution in [0.4, 0.5) is 0 Å². The Morgan fingerprint density at radius 1 is 1.22 bits per heavy atom. The normalized spacial score (nSPS) is 10.7. The van der Waals surface area contributed by atoms with Crippen LogP contribution in [-0.2, 0) is 0 Å². The molecule has 3 rings (SSSR count). The standard InChI is InChI=1S/C19H15ClO3/c1-3-10-22-19-17(21)15-11-12(2)4-9-16(15)23-18(19)13-5-7-14(20)8-6-13/h3-9,11H,1,10H2,2H3. The molecule has 0 saturated carbocycles. The summed E-state index contributed by atoms with van der Waals surface area (Å²) in [5, 5.41) is 1.11. The minimum absolute atomic E-state index is 0.185. The van der Waals surface area contributed by atoms with Crippen LogP contribution >= 0.6 is 11.6 Å². The van der Waals surface area contributed by atoms with Crippen LogP contribution in [0, 0.1) is 6.92 Å². The van der Waals surface area contributed by atoms with E-state index in [4.69, 9.17) is 20.8 Å². The van der Waals surface area contributed by atoms with Gasteiger partial charge < -0.3 is 9.15 Å². The van der Waals surface area contributed by atoms with Crippen LogP contribution < -0.4 is 10.2 Å². The molecule has 0 aliphatic rings. The summed E-state index contributed by atoms with van der Waals surface area (Å²) in [7, 11) is 0. The van der Waals surface area contributed by atoms with Crippen LogP contribution in [0.15, 0.2) is 64.3 Å². The molecule has 0 saturated heterocycles. The number of rotatable bonds is 4. The summed E-state index contributed by atoms with van der Waals surface area (Å²) >= 11 is 5.93. The van der Waals surface area contributed by atoms with Crippen molar-refractivity contribution in [3.63, 3.8) is 0 Å². The highest BCUT2D eigenvalue weighted by molar-refractivity contribution is 6.30. The lowest BCUT2D eigenvalue weighted by atomic mass is 10.1. The predicted octanol–water partition coefficient (Wildman–Crippen LogP) is 4.99. The maximum atomic E-state index is 12.8. The van der Waals surface area contributed by atoms with Crippen LogP contribution in [0.1, 0.15) is 5.56 Å². The van der Waals surface area contributed by atoms with E-state index >= 15 is 0 Å². The summed E-state index contributed by atoms with van der Waals surface area (Å²) in [6.45, 7) is 5.77. The first kappa shape index (κ1) is 15.4. The number of ether oxygens (including phenoxy) is 1. The number of hydrogen-bond acceptors (Lipinski definition) is 3. The zero-order valence-corrected chi connectivity index (χ0v) is 13.4. The van der Waals surface area contributed by atoms with Crippen LogP contribution in [0.5, 0.6) is 5.75 Å². The Balaban J connectivity index is 2.29. The summed E-state index contributed by atoms with van der Waals surface area (Å²) in [5.74, 6) is 0.579. The van der Waals surface area contributed by atoms with Crippen molar-refractivity contribution in [2.45, 2.75) is 6.92 Å². The average Bonchev–Trinajstić information content (AvgIpc) is 2.55. The van der Waals surface area contributed by atoms with Crippen molar-refractivity contribution in [3.8, 4) is 17.1 Å². The van der Waals surface area contributed by atoms with Gasteiger partial charge in [0.25, 0.3) is 0 Å². The number of hydrogen-bond donors (Lipinski definition) is 0. The smallest absolute Gasteiger partial charge is 0.235 e. The molecule has 0 bridgehead atoms. The van der Waals surface area contributed by atoms with Gasteiger partial charge in [-0.3, -0.25) is 4.79 Å². The molecular formula is C19H15ClO3. The average molecular weight is 327 g/mol. The Hall–Kier alpha value is -2.52. The number of halogens is 1. The minimum atomic E-state index is -0.193. The molecule has 0 amide bonds. The van der Waals surface area contributed by atoms with Crippen molar-refractivity contribution in [1.29, 1.82) is 0 Å². The lowest BCUT2D eigenvalue weighted by molar-refractivity contribution is 0.351. The molecule has 4 heteroatoms. The zero-order valence-electron chi connectivity index (χ0n) is 12.6. The number of aryl methyl sites for hydroxylation is 1. The van der Waals surface area contributed by atoms with Crippen molar-refractivity contribution in [1.82, 2.24) is 0 Å². The van der Waals surface area contributed by atoms with E-state index in [-0.39, 0.29) is 17.8 Å². The molecule has 3 nitrogen and oxygen atoms in total. The molecule has 0 spiro atoms. The van der Waals surface area contributed by atoms with Gasteiger partial charge in [-0.2, -0.15) is 0 Å². The van der Waals surface area contributed by atoms with E-state index in [1.54, 1.807) is 42.5 Å². The van der Waals surface area contributed by atoms with Crippen molar-refractivity contribution in [2.75, 3.05) is 6.61 Å². The third-order valence-corrected chi connectivity index (χ3v) is 3.71. The molecule has 0 aliphatic heterocycles. The molecule has 0 fully saturated rings. The van der Waals surface area contributed by atoms with Gasteiger partial charge in [0.2, 0.25) is 11.2 Å². The van der Waals surface area contributed by atoms with Crippen LogP contribution in [0.2, 0.25) is 5.02 Å². The van der Waals surface area contributed by atoms with Crippen molar-refractivity contribution >= 4 is 22.6 Å². The molecule has 1 heterocycles. The Kier molecular flexibility index (Phi) is 4.22. The molecule has 1 aromatic heterocycles. The highest BCUT2D eigenvalue weighted by atomic mass is 35.5. The second-order valence-corrected chi connectivity index (χ2v) is 5.63. The quantitative estimate of drug-likeness (QED) is 0.634. The molecule has 0 atom stereocenters. The van der Waals surface area contributed by atoms with Gasteiger partial charge in [0, 0.05) is 10.6 Å². The Morgan fingerprint density at radius 3 is 2.65 bits per heavy atom. The SMILES string of the molecule is C=CCOc1c(-c2ccc(Cl)cc2)oc2ccc(C)cc2c1=O. The zero-order chi connectivity index (χ0) is 16.4. The van der Waals surface area contributed by atoms with Gasteiger partial charge >= 0.3 is 0 Å². The Labute approximate surface area is 138 Å². The molecular weight excluding hydrogens is 312 g/mol. The fourth-order valence-corrected chi connectivity index (χ4v) is 2.48. The topological polar surface area (TPSA) is 39.4 Å². The lowest BCUT2D eigenvalue weighted by Gasteiger charge is -2.11. The second-order valence-electron chi connectivity index (χ2n) is 5.20. The summed E-state index contributed by atoms with van der Waals surface area (Å²) in [5.41, 5.74) is 2.05. The highest BCUT2D eigenvalue weighted by Gasteiger charge is 2.17. The van der Waals surface area contributed by atoms with Gasteiger partial charge in [-0.1, -0.05) is 35.9 Å². The van der Waals surface area contributed by atoms with Crippen LogP contribution in [0.25, 0.3) is 22.3 Å². The third-order valence-electron chi connectivity index (χ3n) is 3.46. The van der Waals surface area contributed by atoms with E-state index in [9.17, 15) is 4.79 Å². The summed E-state index contributed by atoms with van der Waals surface area (Å²) in [6.07, 6.45) is 1.59. The second kappa shape index (κ2) is 6.31. The minimum Gasteiger partial charge on any atom is -0.482 e. The van der Waals surface area contributed by atoms with Crippen molar-refractivity contribution in [2.24, 2.45) is 0 Å². The largest absolute Gasteiger partial charge is 0.482 e. The molecule has 2 aromatic carbocycles. The number of fused-ring (bicyclic) bond motifs is 1. The van der Waals surface area contributed by atoms with Crippen molar-refractivity contribution in [3.05, 3.63) is 75.9 Å². The molecule has 0 radical (unpaired) electrons. The monoisotopic (exact) mass is 326 g/mol. The fraction of sp³-hybridized carbons (Fsp3) is 0.105. The Morgan fingerprint density at radius 2 is 1.96 bits per heavy atom. The molecule has 23 heavy (non-hydrogen) atoms. The van der Waals surface area contributed by atoms with Gasteiger partial charge in [0.05, 0.1) is 5.39 Å². The maximum Gasteiger partial charge on any atom is 0.235 e.